The molecule has 21 heavy (non-hydrogen) atoms. The fourth-order valence-electron chi connectivity index (χ4n) is 0.320. The Balaban J connectivity index is 3.87. The molecule has 2 N–H and O–H groups in total. The Morgan fingerprint density at radius 1 is 0.381 bits per heavy atom. The van der Waals surface area contributed by atoms with Gasteiger partial charge in [0.1, 0.15) is 0 Å². The summed E-state index contributed by atoms with van der Waals surface area (Å²) >= 11 is 0. The Morgan fingerprint density at radius 2 is 0.619 bits per heavy atom. The molecule has 0 spiro atoms. The fourth-order valence-corrected chi connectivity index (χ4v) is 0.320. The maximum absolute atomic E-state index is 4.60. The minimum atomic E-state index is 2.75. The van der Waals surface area contributed by atoms with Crippen molar-refractivity contribution in [2.45, 2.75) is 0 Å². The molecule has 0 aliphatic carbocycles. The Bertz CT molecular complexity index is 504. The molecule has 0 rings (SSSR count). The molecule has 0 radical (unpaired) electrons. The molecule has 108 valence electrons. The molecule has 0 fully saturated rings. The molecule has 0 aromatic carbocycles. The minimum Gasteiger partial charge on any atom is -0.303 e. The van der Waals surface area contributed by atoms with E-state index in [0.717, 1.165) is 0 Å². The van der Waals surface area contributed by atoms with Crippen molar-refractivity contribution in [2.24, 2.45) is 105 Å². The summed E-state index contributed by atoms with van der Waals surface area (Å²) in [6, 6.07) is 0. The Hall–Kier alpha value is -4.13. The van der Waals surface area contributed by atoms with Crippen LogP contribution in [0.3, 0.4) is 0 Å². The van der Waals surface area contributed by atoms with Crippen molar-refractivity contribution in [1.82, 2.24) is 0 Å². The second kappa shape index (κ2) is 15.9. The molecule has 0 aromatic heterocycles. The molecule has 0 saturated carbocycles. The third-order valence-corrected chi connectivity index (χ3v) is 0.755. The zero-order valence-electron chi connectivity index (χ0n) is 9.78. The van der Waals surface area contributed by atoms with E-state index in [4.69, 9.17) is 0 Å². The lowest BCUT2D eigenvalue weighted by Crippen LogP contribution is -1.70. The Kier molecular flexibility index (Phi) is 12.7. The van der Waals surface area contributed by atoms with Gasteiger partial charge in [0, 0.05) is 17.2 Å². The molecule has 0 unspecified atom stereocenters. The molecule has 20 heteroatoms. The molecule has 0 aromatic rings. The second-order valence-corrected chi connectivity index (χ2v) is 1.78. The SMILES string of the molecule is C=NN=NN=NN=NN=NN=NN=NN=NN=NN=NN. The van der Waals surface area contributed by atoms with Gasteiger partial charge < -0.3 is 5.84 Å². The van der Waals surface area contributed by atoms with Crippen LogP contribution in [0.1, 0.15) is 0 Å². The van der Waals surface area contributed by atoms with Gasteiger partial charge in [-0.25, -0.2) is 0 Å². The molecular weight excluding hydrogens is 292 g/mol. The lowest BCUT2D eigenvalue weighted by molar-refractivity contribution is 0.739. The van der Waals surface area contributed by atoms with Gasteiger partial charge in [0.15, 0.2) is 0 Å². The summed E-state index contributed by atoms with van der Waals surface area (Å²) in [4.78, 5) is 0. The number of rotatable bonds is 9. The molecule has 0 bridgehead atoms. The van der Waals surface area contributed by atoms with Crippen molar-refractivity contribution in [3.05, 3.63) is 0 Å². The summed E-state index contributed by atoms with van der Waals surface area (Å²) in [5.74, 6) is 4.60. The lowest BCUT2D eigenvalue weighted by atomic mass is 11.7. The van der Waals surface area contributed by atoms with Crippen LogP contribution >= 0.6 is 0 Å². The molecule has 20 nitrogen and oxygen atoms in total. The van der Waals surface area contributed by atoms with E-state index < -0.39 is 0 Å². The summed E-state index contributed by atoms with van der Waals surface area (Å²) in [6.45, 7) is 3.00. The van der Waals surface area contributed by atoms with Crippen LogP contribution in [0, 0.1) is 0 Å². The summed E-state index contributed by atoms with van der Waals surface area (Å²) in [5, 5.41) is 56.4. The van der Waals surface area contributed by atoms with Crippen LogP contribution in [-0.4, -0.2) is 6.72 Å². The molecular formula is CH4N20. The maximum Gasteiger partial charge on any atom is 0.0151 e. The van der Waals surface area contributed by atoms with Gasteiger partial charge in [0.05, 0.1) is 0 Å². The van der Waals surface area contributed by atoms with Crippen LogP contribution in [0.4, 0.5) is 0 Å². The first-order valence-electron chi connectivity index (χ1n) is 4.17. The van der Waals surface area contributed by atoms with E-state index in [1.807, 2.05) is 0 Å². The zero-order chi connectivity index (χ0) is 15.4. The average molecular weight is 296 g/mol. The quantitative estimate of drug-likeness (QED) is 0.285. The van der Waals surface area contributed by atoms with Crippen LogP contribution in [0.25, 0.3) is 0 Å². The van der Waals surface area contributed by atoms with E-state index >= 15 is 0 Å². The van der Waals surface area contributed by atoms with Gasteiger partial charge in [-0.2, -0.15) is 0 Å². The van der Waals surface area contributed by atoms with E-state index in [2.05, 4.69) is 112 Å². The number of nitrogens with zero attached hydrogens (tertiary/aromatic N) is 19. The first-order valence-corrected chi connectivity index (χ1v) is 4.17. The normalized spacial score (nSPS) is 14.3. The van der Waals surface area contributed by atoms with Crippen molar-refractivity contribution >= 4 is 6.72 Å². The summed E-state index contributed by atoms with van der Waals surface area (Å²) in [5.41, 5.74) is 0. The van der Waals surface area contributed by atoms with Crippen LogP contribution in [-0.2, 0) is 0 Å². The van der Waals surface area contributed by atoms with Crippen LogP contribution < -0.4 is 5.84 Å². The average Bonchev–Trinajstić information content (AvgIpc) is 2.50. The lowest BCUT2D eigenvalue weighted by Gasteiger charge is -1.69. The molecule has 0 aliphatic heterocycles. The third kappa shape index (κ3) is 15.9. The van der Waals surface area contributed by atoms with E-state index in [1.54, 1.807) is 0 Å². The predicted molar refractivity (Wildman–Crippen MR) is 57.4 cm³/mol. The number of nitrogens with two attached hydrogens (primary N) is 1. The van der Waals surface area contributed by atoms with Crippen LogP contribution in [0.2, 0.25) is 0 Å². The highest BCUT2D eigenvalue weighted by molar-refractivity contribution is 5.22. The summed E-state index contributed by atoms with van der Waals surface area (Å²) in [7, 11) is 0. The van der Waals surface area contributed by atoms with Crippen LogP contribution in [0.15, 0.2) is 99.1 Å². The third-order valence-electron chi connectivity index (χ3n) is 0.755. The van der Waals surface area contributed by atoms with E-state index in [1.165, 1.54) is 0 Å². The monoisotopic (exact) mass is 296 g/mol. The Morgan fingerprint density at radius 3 is 0.857 bits per heavy atom. The first kappa shape index (κ1) is 16.9. The van der Waals surface area contributed by atoms with Gasteiger partial charge in [0.25, 0.3) is 0 Å². The Labute approximate surface area is 113 Å². The molecule has 0 atom stereocenters. The zero-order valence-corrected chi connectivity index (χ0v) is 9.78. The largest absolute Gasteiger partial charge is 0.303 e. The van der Waals surface area contributed by atoms with E-state index in [9.17, 15) is 0 Å². The highest BCUT2D eigenvalue weighted by Crippen LogP contribution is 1.89. The van der Waals surface area contributed by atoms with Gasteiger partial charge in [-0.05, 0) is 78.3 Å². The number of hydrogen-bond acceptors (Lipinski definition) is 2. The summed E-state index contributed by atoms with van der Waals surface area (Å²) in [6.07, 6.45) is 0. The van der Waals surface area contributed by atoms with E-state index in [-0.39, 0.29) is 0 Å². The topological polar surface area (TPSA) is 261 Å². The van der Waals surface area contributed by atoms with Gasteiger partial charge in [-0.1, -0.05) is 5.22 Å². The molecule has 0 aliphatic rings. The van der Waals surface area contributed by atoms with Gasteiger partial charge in [-0.15, -0.1) is 5.10 Å². The van der Waals surface area contributed by atoms with E-state index in [0.29, 0.717) is 0 Å². The molecule has 0 heterocycles. The van der Waals surface area contributed by atoms with Crippen molar-refractivity contribution in [1.29, 1.82) is 0 Å². The fraction of sp³-hybridized carbons (Fsp3) is 0. The van der Waals surface area contributed by atoms with Crippen molar-refractivity contribution in [3.8, 4) is 0 Å². The highest BCUT2D eigenvalue weighted by Gasteiger charge is 1.70. The van der Waals surface area contributed by atoms with Gasteiger partial charge in [-0.3, -0.25) is 0 Å². The van der Waals surface area contributed by atoms with Gasteiger partial charge in [0.2, 0.25) is 0 Å². The highest BCUT2D eigenvalue weighted by atomic mass is 15.7. The number of hydrogen-bond donors (Lipinski definition) is 1. The molecule has 0 saturated heterocycles. The van der Waals surface area contributed by atoms with Gasteiger partial charge >= 0.3 is 0 Å². The second-order valence-electron chi connectivity index (χ2n) is 1.78. The predicted octanol–water partition coefficient (Wildman–Crippen LogP) is 2.87. The summed E-state index contributed by atoms with van der Waals surface area (Å²) < 4.78 is 0. The smallest absolute Gasteiger partial charge is 0.0151 e. The molecule has 0 amide bonds. The standard InChI is InChI=1S/CH4N20/c1-3-5-7-9-11-13-15-17-19-21-20-18-16-14-12-10-8-6-4-2/h1H2,(H2,2,5,6,9,10,13,14,17,18,21). The van der Waals surface area contributed by atoms with Crippen molar-refractivity contribution < 1.29 is 0 Å². The first-order chi connectivity index (χ1) is 10.4. The minimum absolute atomic E-state index is 2.75. The van der Waals surface area contributed by atoms with Crippen molar-refractivity contribution in [3.63, 3.8) is 0 Å². The van der Waals surface area contributed by atoms with Crippen LogP contribution in [0.5, 0.6) is 0 Å². The maximum atomic E-state index is 4.60. The van der Waals surface area contributed by atoms with Crippen molar-refractivity contribution in [2.75, 3.05) is 0 Å².